The van der Waals surface area contributed by atoms with Crippen LogP contribution >= 0.6 is 0 Å². The van der Waals surface area contributed by atoms with E-state index in [4.69, 9.17) is 4.74 Å². The average Bonchev–Trinajstić information content (AvgIpc) is 2.68. The van der Waals surface area contributed by atoms with Gasteiger partial charge >= 0.3 is 0 Å². The topological polar surface area (TPSA) is 77.1 Å². The van der Waals surface area contributed by atoms with Crippen molar-refractivity contribution >= 4 is 11.6 Å². The number of methoxy groups -OCH3 is 1. The summed E-state index contributed by atoms with van der Waals surface area (Å²) in [6.45, 7) is 3.85. The first-order valence-electron chi connectivity index (χ1n) is 8.57. The molecule has 0 unspecified atom stereocenters. The lowest BCUT2D eigenvalue weighted by atomic mass is 10.1. The number of ether oxygens (including phenoxy) is 1. The number of nitrogens with zero attached hydrogens (tertiary/aromatic N) is 2. The number of para-hydroxylation sites is 1. The molecular formula is C19H22N3O4+. The SMILES string of the molecule is COc1ccccc1C(=O)N1CC[NH+](Cc2ccc([N+](=O)[O-])cc2)CC1. The average molecular weight is 356 g/mol. The lowest BCUT2D eigenvalue weighted by Gasteiger charge is -2.32. The number of carbonyl (C=O) groups excluding carboxylic acids is 1. The normalized spacial score (nSPS) is 14.9. The van der Waals surface area contributed by atoms with E-state index >= 15 is 0 Å². The Morgan fingerprint density at radius 2 is 1.81 bits per heavy atom. The molecule has 3 rings (SSSR count). The van der Waals surface area contributed by atoms with Gasteiger partial charge in [0.15, 0.2) is 0 Å². The summed E-state index contributed by atoms with van der Waals surface area (Å²) in [5, 5.41) is 10.7. The zero-order chi connectivity index (χ0) is 18.5. The third kappa shape index (κ3) is 4.00. The van der Waals surface area contributed by atoms with Gasteiger partial charge in [-0.25, -0.2) is 0 Å². The standard InChI is InChI=1S/C19H21N3O4/c1-26-18-5-3-2-4-17(18)19(23)21-12-10-20(11-13-21)14-15-6-8-16(9-7-15)22(24)25/h2-9H,10-14H2,1H3/p+1. The van der Waals surface area contributed by atoms with E-state index < -0.39 is 4.92 Å². The number of piperazine rings is 1. The van der Waals surface area contributed by atoms with Crippen molar-refractivity contribution in [3.05, 3.63) is 69.8 Å². The summed E-state index contributed by atoms with van der Waals surface area (Å²) in [7, 11) is 1.57. The molecule has 1 aliphatic rings. The molecule has 1 heterocycles. The van der Waals surface area contributed by atoms with Gasteiger partial charge in [-0.15, -0.1) is 0 Å². The van der Waals surface area contributed by atoms with Gasteiger partial charge in [0.2, 0.25) is 0 Å². The fourth-order valence-corrected chi connectivity index (χ4v) is 3.22. The summed E-state index contributed by atoms with van der Waals surface area (Å²) in [6.07, 6.45) is 0. The fourth-order valence-electron chi connectivity index (χ4n) is 3.22. The van der Waals surface area contributed by atoms with Crippen molar-refractivity contribution in [2.45, 2.75) is 6.54 Å². The molecule has 0 aliphatic carbocycles. The quantitative estimate of drug-likeness (QED) is 0.644. The molecule has 0 radical (unpaired) electrons. The van der Waals surface area contributed by atoms with Crippen LogP contribution in [0.2, 0.25) is 0 Å². The van der Waals surface area contributed by atoms with Gasteiger partial charge in [0.25, 0.3) is 11.6 Å². The van der Waals surface area contributed by atoms with Crippen LogP contribution in [0.3, 0.4) is 0 Å². The van der Waals surface area contributed by atoms with E-state index in [-0.39, 0.29) is 11.6 Å². The number of non-ortho nitro benzene ring substituents is 1. The van der Waals surface area contributed by atoms with Crippen molar-refractivity contribution in [3.8, 4) is 5.75 Å². The number of hydrogen-bond acceptors (Lipinski definition) is 4. The first-order valence-corrected chi connectivity index (χ1v) is 8.57. The van der Waals surface area contributed by atoms with Gasteiger partial charge < -0.3 is 14.5 Å². The highest BCUT2D eigenvalue weighted by molar-refractivity contribution is 5.97. The van der Waals surface area contributed by atoms with Gasteiger partial charge in [0.05, 0.1) is 43.8 Å². The minimum Gasteiger partial charge on any atom is -0.496 e. The van der Waals surface area contributed by atoms with Gasteiger partial charge in [0, 0.05) is 17.7 Å². The summed E-state index contributed by atoms with van der Waals surface area (Å²) in [5.41, 5.74) is 1.76. The Hall–Kier alpha value is -2.93. The number of nitrogens with one attached hydrogen (secondary N) is 1. The largest absolute Gasteiger partial charge is 0.496 e. The fraction of sp³-hybridized carbons (Fsp3) is 0.316. The van der Waals surface area contributed by atoms with E-state index in [0.29, 0.717) is 24.4 Å². The van der Waals surface area contributed by atoms with Gasteiger partial charge in [-0.1, -0.05) is 12.1 Å². The maximum atomic E-state index is 12.7. The van der Waals surface area contributed by atoms with Crippen LogP contribution < -0.4 is 9.64 Å². The maximum Gasteiger partial charge on any atom is 0.269 e. The number of quaternary nitrogens is 1. The number of nitro groups is 1. The lowest BCUT2D eigenvalue weighted by molar-refractivity contribution is -0.917. The monoisotopic (exact) mass is 356 g/mol. The van der Waals surface area contributed by atoms with Crippen molar-refractivity contribution in [1.29, 1.82) is 0 Å². The van der Waals surface area contributed by atoms with E-state index in [1.165, 1.54) is 17.0 Å². The van der Waals surface area contributed by atoms with E-state index in [2.05, 4.69) is 0 Å². The summed E-state index contributed by atoms with van der Waals surface area (Å²) in [5.74, 6) is 0.593. The van der Waals surface area contributed by atoms with E-state index in [1.54, 1.807) is 31.4 Å². The van der Waals surface area contributed by atoms with Crippen molar-refractivity contribution in [2.75, 3.05) is 33.3 Å². The van der Waals surface area contributed by atoms with Crippen molar-refractivity contribution in [2.24, 2.45) is 0 Å². The van der Waals surface area contributed by atoms with Crippen LogP contribution in [0.4, 0.5) is 5.69 Å². The molecule has 26 heavy (non-hydrogen) atoms. The van der Waals surface area contributed by atoms with Crippen LogP contribution in [-0.2, 0) is 6.54 Å². The first kappa shape index (κ1) is 17.9. The maximum absolute atomic E-state index is 12.7. The highest BCUT2D eigenvalue weighted by Crippen LogP contribution is 2.19. The van der Waals surface area contributed by atoms with Crippen LogP contribution in [0.1, 0.15) is 15.9 Å². The summed E-state index contributed by atoms with van der Waals surface area (Å²) in [4.78, 5) is 26.3. The molecular weight excluding hydrogens is 334 g/mol. The van der Waals surface area contributed by atoms with Crippen LogP contribution in [0, 0.1) is 10.1 Å². The zero-order valence-electron chi connectivity index (χ0n) is 14.7. The van der Waals surface area contributed by atoms with Crippen LogP contribution in [-0.4, -0.2) is 49.0 Å². The predicted molar refractivity (Wildman–Crippen MR) is 96.4 cm³/mol. The number of amides is 1. The van der Waals surface area contributed by atoms with E-state index in [0.717, 1.165) is 25.2 Å². The third-order valence-electron chi connectivity index (χ3n) is 4.70. The first-order chi connectivity index (χ1) is 12.6. The molecule has 0 spiro atoms. The van der Waals surface area contributed by atoms with Crippen molar-refractivity contribution < 1.29 is 19.4 Å². The second kappa shape index (κ2) is 7.97. The molecule has 1 saturated heterocycles. The van der Waals surface area contributed by atoms with Gasteiger partial charge in [0.1, 0.15) is 12.3 Å². The van der Waals surface area contributed by atoms with Gasteiger partial charge in [-0.05, 0) is 24.3 Å². The van der Waals surface area contributed by atoms with Crippen LogP contribution in [0.15, 0.2) is 48.5 Å². The molecule has 0 atom stereocenters. The number of benzene rings is 2. The lowest BCUT2D eigenvalue weighted by Crippen LogP contribution is -3.13. The molecule has 0 saturated carbocycles. The molecule has 1 aliphatic heterocycles. The van der Waals surface area contributed by atoms with E-state index in [9.17, 15) is 14.9 Å². The molecule has 7 nitrogen and oxygen atoms in total. The predicted octanol–water partition coefficient (Wildman–Crippen LogP) is 1.14. The molecule has 1 amide bonds. The zero-order valence-corrected chi connectivity index (χ0v) is 14.7. The molecule has 2 aromatic rings. The Kier molecular flexibility index (Phi) is 5.48. The summed E-state index contributed by atoms with van der Waals surface area (Å²) in [6, 6.07) is 14.0. The molecule has 0 aromatic heterocycles. The number of nitro benzene ring substituents is 1. The Bertz CT molecular complexity index is 784. The van der Waals surface area contributed by atoms with Gasteiger partial charge in [-0.2, -0.15) is 0 Å². The summed E-state index contributed by atoms with van der Waals surface area (Å²) >= 11 is 0. The Morgan fingerprint density at radius 1 is 1.15 bits per heavy atom. The number of carbonyl (C=O) groups is 1. The molecule has 136 valence electrons. The minimum atomic E-state index is -0.390. The molecule has 0 bridgehead atoms. The molecule has 2 aromatic carbocycles. The molecule has 7 heteroatoms. The number of rotatable bonds is 5. The Labute approximate surface area is 151 Å². The van der Waals surface area contributed by atoms with Crippen molar-refractivity contribution in [3.63, 3.8) is 0 Å². The van der Waals surface area contributed by atoms with Crippen molar-refractivity contribution in [1.82, 2.24) is 4.90 Å². The third-order valence-corrected chi connectivity index (χ3v) is 4.70. The second-order valence-corrected chi connectivity index (χ2v) is 6.34. The smallest absolute Gasteiger partial charge is 0.269 e. The number of hydrogen-bond donors (Lipinski definition) is 1. The summed E-state index contributed by atoms with van der Waals surface area (Å²) < 4.78 is 5.28. The second-order valence-electron chi connectivity index (χ2n) is 6.34. The van der Waals surface area contributed by atoms with E-state index in [1.807, 2.05) is 17.0 Å². The molecule has 1 fully saturated rings. The van der Waals surface area contributed by atoms with Crippen LogP contribution in [0.5, 0.6) is 5.75 Å². The highest BCUT2D eigenvalue weighted by atomic mass is 16.6. The molecule has 1 N–H and O–H groups in total. The Balaban J connectivity index is 1.57. The van der Waals surface area contributed by atoms with Crippen LogP contribution in [0.25, 0.3) is 0 Å². The van der Waals surface area contributed by atoms with Gasteiger partial charge in [-0.3, -0.25) is 14.9 Å². The Morgan fingerprint density at radius 3 is 2.42 bits per heavy atom. The minimum absolute atomic E-state index is 0.00293. The highest BCUT2D eigenvalue weighted by Gasteiger charge is 2.26.